The highest BCUT2D eigenvalue weighted by Gasteiger charge is 2.17. The Morgan fingerprint density at radius 2 is 1.39 bits per heavy atom. The minimum atomic E-state index is -3.99. The molecule has 1 heterocycles. The summed E-state index contributed by atoms with van der Waals surface area (Å²) in [4.78, 5) is 14.1. The van der Waals surface area contributed by atoms with Gasteiger partial charge in [0.2, 0.25) is 26.0 Å². The second-order valence-electron chi connectivity index (χ2n) is 7.34. The van der Waals surface area contributed by atoms with Crippen molar-refractivity contribution in [3.63, 3.8) is 0 Å². The molecule has 0 bridgehead atoms. The summed E-state index contributed by atoms with van der Waals surface area (Å²) < 4.78 is 49.4. The highest BCUT2D eigenvalue weighted by atomic mass is 32.2. The second kappa shape index (κ2) is 9.77. The third-order valence-electron chi connectivity index (χ3n) is 5.01. The largest absolute Gasteiger partial charge is 0.372 e. The number of rotatable bonds is 7. The van der Waals surface area contributed by atoms with Gasteiger partial charge in [-0.25, -0.2) is 26.7 Å². The molecule has 1 fully saturated rings. The summed E-state index contributed by atoms with van der Waals surface area (Å²) >= 11 is 0. The first-order valence-corrected chi connectivity index (χ1v) is 13.0. The van der Waals surface area contributed by atoms with E-state index in [9.17, 15) is 21.6 Å². The molecule has 11 heteroatoms. The SMILES string of the molecule is NS(=O)(=O)c1ccc(S(=O)(=O)NCC(=O)Nc2ccc(N3CCCCCC3)cc2)cc1. The van der Waals surface area contributed by atoms with Crippen molar-refractivity contribution >= 4 is 37.3 Å². The van der Waals surface area contributed by atoms with Gasteiger partial charge in [-0.05, 0) is 61.4 Å². The molecule has 0 saturated carbocycles. The molecule has 2 aromatic rings. The lowest BCUT2D eigenvalue weighted by Crippen LogP contribution is -2.33. The van der Waals surface area contributed by atoms with Crippen LogP contribution >= 0.6 is 0 Å². The van der Waals surface area contributed by atoms with Gasteiger partial charge in [0.05, 0.1) is 16.3 Å². The molecule has 4 N–H and O–H groups in total. The van der Waals surface area contributed by atoms with E-state index in [4.69, 9.17) is 5.14 Å². The Kier molecular flexibility index (Phi) is 7.31. The minimum Gasteiger partial charge on any atom is -0.372 e. The van der Waals surface area contributed by atoms with Crippen LogP contribution in [-0.2, 0) is 24.8 Å². The van der Waals surface area contributed by atoms with Crippen LogP contribution in [0.1, 0.15) is 25.7 Å². The summed E-state index contributed by atoms with van der Waals surface area (Å²) in [5, 5.41) is 7.65. The summed E-state index contributed by atoms with van der Waals surface area (Å²) in [6.45, 7) is 1.57. The Morgan fingerprint density at radius 1 is 0.839 bits per heavy atom. The van der Waals surface area contributed by atoms with Crippen LogP contribution in [0.2, 0.25) is 0 Å². The predicted octanol–water partition coefficient (Wildman–Crippen LogP) is 1.63. The standard InChI is InChI=1S/C20H26N4O5S2/c21-30(26,27)18-9-11-19(12-10-18)31(28,29)22-15-20(25)23-16-5-7-17(8-6-16)24-13-3-1-2-4-14-24/h5-12,22H,1-4,13-15H2,(H,23,25)(H2,21,26,27). The van der Waals surface area contributed by atoms with E-state index in [0.29, 0.717) is 5.69 Å². The number of nitrogens with zero attached hydrogens (tertiary/aromatic N) is 1. The zero-order valence-corrected chi connectivity index (χ0v) is 18.6. The predicted molar refractivity (Wildman–Crippen MR) is 119 cm³/mol. The van der Waals surface area contributed by atoms with Gasteiger partial charge in [0.15, 0.2) is 0 Å². The normalized spacial score (nSPS) is 15.3. The van der Waals surface area contributed by atoms with Crippen molar-refractivity contribution in [3.05, 3.63) is 48.5 Å². The van der Waals surface area contributed by atoms with E-state index in [1.54, 1.807) is 12.1 Å². The monoisotopic (exact) mass is 466 g/mol. The molecule has 1 saturated heterocycles. The van der Waals surface area contributed by atoms with Gasteiger partial charge in [0.25, 0.3) is 0 Å². The van der Waals surface area contributed by atoms with Crippen LogP contribution in [0.4, 0.5) is 11.4 Å². The lowest BCUT2D eigenvalue weighted by atomic mass is 10.2. The Morgan fingerprint density at radius 3 is 1.94 bits per heavy atom. The van der Waals surface area contributed by atoms with Crippen molar-refractivity contribution in [2.24, 2.45) is 5.14 Å². The molecule has 9 nitrogen and oxygen atoms in total. The summed E-state index contributed by atoms with van der Waals surface area (Å²) in [6, 6.07) is 11.9. The highest BCUT2D eigenvalue weighted by Crippen LogP contribution is 2.21. The highest BCUT2D eigenvalue weighted by molar-refractivity contribution is 7.89. The minimum absolute atomic E-state index is 0.172. The van der Waals surface area contributed by atoms with E-state index in [1.807, 2.05) is 12.1 Å². The number of nitrogens with one attached hydrogen (secondary N) is 2. The molecule has 1 aliphatic rings. The third kappa shape index (κ3) is 6.50. The Labute approximate surface area is 182 Å². The van der Waals surface area contributed by atoms with Crippen LogP contribution in [0.5, 0.6) is 0 Å². The van der Waals surface area contributed by atoms with Gasteiger partial charge in [0.1, 0.15) is 0 Å². The quantitative estimate of drug-likeness (QED) is 0.567. The van der Waals surface area contributed by atoms with Gasteiger partial charge in [0, 0.05) is 24.5 Å². The maximum Gasteiger partial charge on any atom is 0.241 e. The van der Waals surface area contributed by atoms with Crippen molar-refractivity contribution in [1.29, 1.82) is 0 Å². The van der Waals surface area contributed by atoms with Crippen LogP contribution in [0, 0.1) is 0 Å². The topological polar surface area (TPSA) is 139 Å². The fraction of sp³-hybridized carbons (Fsp3) is 0.350. The van der Waals surface area contributed by atoms with Crippen LogP contribution < -0.4 is 20.1 Å². The average molecular weight is 467 g/mol. The number of amides is 1. The van der Waals surface area contributed by atoms with Gasteiger partial charge >= 0.3 is 0 Å². The van der Waals surface area contributed by atoms with Crippen LogP contribution in [-0.4, -0.2) is 42.4 Å². The summed E-state index contributed by atoms with van der Waals surface area (Å²) in [5.41, 5.74) is 1.67. The molecule has 168 valence electrons. The summed E-state index contributed by atoms with van der Waals surface area (Å²) in [6.07, 6.45) is 4.83. The number of anilines is 2. The second-order valence-corrected chi connectivity index (χ2v) is 10.7. The molecule has 3 rings (SSSR count). The van der Waals surface area contributed by atoms with E-state index in [-0.39, 0.29) is 9.79 Å². The van der Waals surface area contributed by atoms with Gasteiger partial charge in [-0.3, -0.25) is 4.79 Å². The zero-order chi connectivity index (χ0) is 22.5. The molecule has 31 heavy (non-hydrogen) atoms. The summed E-state index contributed by atoms with van der Waals surface area (Å²) in [7, 11) is -7.91. The lowest BCUT2D eigenvalue weighted by molar-refractivity contribution is -0.115. The van der Waals surface area contributed by atoms with Gasteiger partial charge in [-0.2, -0.15) is 0 Å². The molecule has 0 aliphatic carbocycles. The maximum absolute atomic E-state index is 12.3. The van der Waals surface area contributed by atoms with E-state index in [1.165, 1.54) is 25.7 Å². The van der Waals surface area contributed by atoms with E-state index >= 15 is 0 Å². The Bertz CT molecular complexity index is 1110. The fourth-order valence-corrected chi connectivity index (χ4v) is 4.84. The molecular weight excluding hydrogens is 440 g/mol. The molecule has 1 amide bonds. The molecule has 0 atom stereocenters. The molecule has 1 aliphatic heterocycles. The number of carbonyl (C=O) groups excluding carboxylic acids is 1. The zero-order valence-electron chi connectivity index (χ0n) is 17.0. The molecule has 0 aromatic heterocycles. The molecule has 0 radical (unpaired) electrons. The number of hydrogen-bond acceptors (Lipinski definition) is 6. The maximum atomic E-state index is 12.3. The molecule has 0 spiro atoms. The van der Waals surface area contributed by atoms with Crippen molar-refractivity contribution in [2.45, 2.75) is 35.5 Å². The fourth-order valence-electron chi connectivity index (χ4n) is 3.34. The van der Waals surface area contributed by atoms with Crippen molar-refractivity contribution in [2.75, 3.05) is 29.9 Å². The van der Waals surface area contributed by atoms with Crippen LogP contribution in [0.25, 0.3) is 0 Å². The average Bonchev–Trinajstić information content (AvgIpc) is 3.02. The van der Waals surface area contributed by atoms with Crippen molar-refractivity contribution in [3.8, 4) is 0 Å². The number of sulfonamides is 2. The van der Waals surface area contributed by atoms with Gasteiger partial charge in [-0.15, -0.1) is 0 Å². The Balaban J connectivity index is 1.55. The van der Waals surface area contributed by atoms with E-state index in [2.05, 4.69) is 14.9 Å². The first kappa shape index (κ1) is 23.2. The molecule has 2 aromatic carbocycles. The van der Waals surface area contributed by atoms with Crippen molar-refractivity contribution < 1.29 is 21.6 Å². The number of nitrogens with two attached hydrogens (primary N) is 1. The number of primary sulfonamides is 1. The van der Waals surface area contributed by atoms with Gasteiger partial charge in [-0.1, -0.05) is 12.8 Å². The van der Waals surface area contributed by atoms with E-state index < -0.39 is 32.5 Å². The van der Waals surface area contributed by atoms with Gasteiger partial charge < -0.3 is 10.2 Å². The third-order valence-corrected chi connectivity index (χ3v) is 7.35. The van der Waals surface area contributed by atoms with Crippen LogP contribution in [0.15, 0.2) is 58.3 Å². The lowest BCUT2D eigenvalue weighted by Gasteiger charge is -2.22. The molecule has 0 unspecified atom stereocenters. The summed E-state index contributed by atoms with van der Waals surface area (Å²) in [5.74, 6) is -0.521. The van der Waals surface area contributed by atoms with E-state index in [0.717, 1.165) is 43.0 Å². The number of benzene rings is 2. The first-order valence-electron chi connectivity index (χ1n) is 9.92. The smallest absolute Gasteiger partial charge is 0.241 e. The number of hydrogen-bond donors (Lipinski definition) is 3. The van der Waals surface area contributed by atoms with Crippen LogP contribution in [0.3, 0.4) is 0 Å². The number of carbonyl (C=O) groups is 1. The van der Waals surface area contributed by atoms with Crippen molar-refractivity contribution in [1.82, 2.24) is 4.72 Å². The Hall–Kier alpha value is -2.47. The molecular formula is C20H26N4O5S2. The first-order chi connectivity index (χ1) is 14.6.